The van der Waals surface area contributed by atoms with Gasteiger partial charge in [0.1, 0.15) is 6.07 Å². The molecular formula is C14H15N5S. The highest BCUT2D eigenvalue weighted by Gasteiger charge is 2.30. The quantitative estimate of drug-likeness (QED) is 0.863. The lowest BCUT2D eigenvalue weighted by molar-refractivity contribution is 0.0897. The topological polar surface area (TPSA) is 57.7 Å². The van der Waals surface area contributed by atoms with Crippen LogP contribution in [0.1, 0.15) is 41.1 Å². The second-order valence-corrected chi connectivity index (χ2v) is 6.51. The number of aromatic nitrogens is 3. The number of rotatable bonds is 4. The molecule has 102 valence electrons. The predicted molar refractivity (Wildman–Crippen MR) is 75.3 cm³/mol. The molecule has 0 atom stereocenters. The molecule has 2 aromatic rings. The molecule has 3 heterocycles. The normalized spacial score (nSPS) is 19.8. The van der Waals surface area contributed by atoms with E-state index in [1.165, 1.54) is 23.5 Å². The molecule has 2 aliphatic rings. The zero-order valence-corrected chi connectivity index (χ0v) is 11.9. The van der Waals surface area contributed by atoms with Crippen molar-refractivity contribution in [2.75, 3.05) is 13.1 Å². The average Bonchev–Trinajstić information content (AvgIpc) is 2.99. The number of nitriles is 1. The van der Waals surface area contributed by atoms with E-state index in [0.717, 1.165) is 25.6 Å². The van der Waals surface area contributed by atoms with Gasteiger partial charge in [-0.3, -0.25) is 9.58 Å². The monoisotopic (exact) mass is 285 g/mol. The first-order valence-corrected chi connectivity index (χ1v) is 7.80. The van der Waals surface area contributed by atoms with E-state index in [2.05, 4.69) is 21.4 Å². The molecule has 4 rings (SSSR count). The molecule has 1 aliphatic carbocycles. The van der Waals surface area contributed by atoms with Gasteiger partial charge in [-0.25, -0.2) is 4.98 Å². The van der Waals surface area contributed by atoms with Crippen LogP contribution < -0.4 is 0 Å². The van der Waals surface area contributed by atoms with Crippen LogP contribution in [-0.2, 0) is 6.54 Å². The summed E-state index contributed by atoms with van der Waals surface area (Å²) in [6.07, 6.45) is 6.10. The minimum atomic E-state index is 0.402. The molecule has 1 saturated carbocycles. The fourth-order valence-corrected chi connectivity index (χ4v) is 3.56. The first-order chi connectivity index (χ1) is 9.81. The third-order valence-corrected chi connectivity index (χ3v) is 4.98. The molecule has 0 aromatic carbocycles. The molecule has 2 fully saturated rings. The van der Waals surface area contributed by atoms with E-state index >= 15 is 0 Å². The molecule has 20 heavy (non-hydrogen) atoms. The Kier molecular flexibility index (Phi) is 2.83. The van der Waals surface area contributed by atoms with Gasteiger partial charge in [0.05, 0.1) is 28.5 Å². The van der Waals surface area contributed by atoms with Crippen LogP contribution in [0.25, 0.3) is 0 Å². The molecule has 0 N–H and O–H groups in total. The summed E-state index contributed by atoms with van der Waals surface area (Å²) in [4.78, 5) is 7.10. The fourth-order valence-electron chi connectivity index (χ4n) is 2.58. The summed E-state index contributed by atoms with van der Waals surface area (Å²) in [5, 5.41) is 16.6. The summed E-state index contributed by atoms with van der Waals surface area (Å²) in [6, 6.07) is 2.52. The lowest BCUT2D eigenvalue weighted by Crippen LogP contribution is -2.47. The number of thiazole rings is 1. The molecule has 2 aromatic heterocycles. The highest BCUT2D eigenvalue weighted by molar-refractivity contribution is 7.09. The Morgan fingerprint density at radius 2 is 2.25 bits per heavy atom. The number of hydrogen-bond donors (Lipinski definition) is 0. The Morgan fingerprint density at radius 3 is 2.95 bits per heavy atom. The van der Waals surface area contributed by atoms with E-state index in [9.17, 15) is 0 Å². The molecule has 5 nitrogen and oxygen atoms in total. The number of hydrogen-bond acceptors (Lipinski definition) is 5. The van der Waals surface area contributed by atoms with Crippen molar-refractivity contribution >= 4 is 11.3 Å². The summed E-state index contributed by atoms with van der Waals surface area (Å²) in [6.45, 7) is 2.91. The zero-order valence-electron chi connectivity index (χ0n) is 11.1. The van der Waals surface area contributed by atoms with Crippen LogP contribution in [0.5, 0.6) is 0 Å². The van der Waals surface area contributed by atoms with Gasteiger partial charge in [-0.05, 0) is 12.8 Å². The van der Waals surface area contributed by atoms with Crippen molar-refractivity contribution in [1.82, 2.24) is 19.7 Å². The van der Waals surface area contributed by atoms with Crippen LogP contribution in [0.3, 0.4) is 0 Å². The Hall–Kier alpha value is -1.71. The van der Waals surface area contributed by atoms with E-state index in [1.54, 1.807) is 6.20 Å². The summed E-state index contributed by atoms with van der Waals surface area (Å²) >= 11 is 1.81. The first kappa shape index (κ1) is 12.1. The first-order valence-electron chi connectivity index (χ1n) is 6.93. The SMILES string of the molecule is N#Cc1cnn(C2CN(Cc3csc(C4CC4)n3)C2)c1. The summed E-state index contributed by atoms with van der Waals surface area (Å²) in [5.74, 6) is 0.756. The third kappa shape index (κ3) is 2.23. The molecular weight excluding hydrogens is 270 g/mol. The van der Waals surface area contributed by atoms with Crippen molar-refractivity contribution in [1.29, 1.82) is 5.26 Å². The van der Waals surface area contributed by atoms with Gasteiger partial charge in [0.25, 0.3) is 0 Å². The molecule has 0 unspecified atom stereocenters. The third-order valence-electron chi connectivity index (χ3n) is 3.92. The van der Waals surface area contributed by atoms with Crippen LogP contribution in [0.15, 0.2) is 17.8 Å². The second kappa shape index (κ2) is 4.69. The molecule has 6 heteroatoms. The van der Waals surface area contributed by atoms with Crippen molar-refractivity contribution in [3.63, 3.8) is 0 Å². The van der Waals surface area contributed by atoms with Gasteiger partial charge >= 0.3 is 0 Å². The summed E-state index contributed by atoms with van der Waals surface area (Å²) in [7, 11) is 0. The Morgan fingerprint density at radius 1 is 1.40 bits per heavy atom. The molecule has 0 spiro atoms. The van der Waals surface area contributed by atoms with E-state index in [4.69, 9.17) is 10.2 Å². The number of nitrogens with zero attached hydrogens (tertiary/aromatic N) is 5. The second-order valence-electron chi connectivity index (χ2n) is 5.62. The Bertz CT molecular complexity index is 657. The van der Waals surface area contributed by atoms with E-state index in [1.807, 2.05) is 22.2 Å². The molecule has 1 saturated heterocycles. The van der Waals surface area contributed by atoms with Crippen LogP contribution in [0.4, 0.5) is 0 Å². The van der Waals surface area contributed by atoms with Crippen LogP contribution >= 0.6 is 11.3 Å². The van der Waals surface area contributed by atoms with Crippen LogP contribution in [-0.4, -0.2) is 32.8 Å². The maximum absolute atomic E-state index is 8.80. The summed E-state index contributed by atoms with van der Waals surface area (Å²) in [5.41, 5.74) is 1.84. The predicted octanol–water partition coefficient (Wildman–Crippen LogP) is 2.15. The lowest BCUT2D eigenvalue weighted by atomic mass is 10.1. The highest BCUT2D eigenvalue weighted by atomic mass is 32.1. The molecule has 0 amide bonds. The van der Waals surface area contributed by atoms with Gasteiger partial charge in [0.15, 0.2) is 0 Å². The van der Waals surface area contributed by atoms with Crippen molar-refractivity contribution in [3.8, 4) is 6.07 Å². The van der Waals surface area contributed by atoms with Crippen molar-refractivity contribution in [2.24, 2.45) is 0 Å². The van der Waals surface area contributed by atoms with Gasteiger partial charge in [-0.15, -0.1) is 11.3 Å². The largest absolute Gasteiger partial charge is 0.293 e. The van der Waals surface area contributed by atoms with Gasteiger partial charge < -0.3 is 0 Å². The van der Waals surface area contributed by atoms with Gasteiger partial charge in [0, 0.05) is 37.1 Å². The van der Waals surface area contributed by atoms with Crippen LogP contribution in [0.2, 0.25) is 0 Å². The highest BCUT2D eigenvalue weighted by Crippen LogP contribution is 2.41. The van der Waals surface area contributed by atoms with E-state index < -0.39 is 0 Å². The zero-order chi connectivity index (χ0) is 13.5. The number of likely N-dealkylation sites (tertiary alicyclic amines) is 1. The van der Waals surface area contributed by atoms with Crippen LogP contribution in [0, 0.1) is 11.3 Å². The van der Waals surface area contributed by atoms with E-state index in [0.29, 0.717) is 11.6 Å². The van der Waals surface area contributed by atoms with E-state index in [-0.39, 0.29) is 0 Å². The maximum Gasteiger partial charge on any atom is 0.102 e. The van der Waals surface area contributed by atoms with Gasteiger partial charge in [-0.1, -0.05) is 0 Å². The van der Waals surface area contributed by atoms with Crippen molar-refractivity contribution in [2.45, 2.75) is 31.3 Å². The molecule has 0 bridgehead atoms. The minimum Gasteiger partial charge on any atom is -0.293 e. The average molecular weight is 285 g/mol. The smallest absolute Gasteiger partial charge is 0.102 e. The maximum atomic E-state index is 8.80. The Labute approximate surface area is 121 Å². The minimum absolute atomic E-state index is 0.402. The fraction of sp³-hybridized carbons (Fsp3) is 0.500. The lowest BCUT2D eigenvalue weighted by Gasteiger charge is -2.38. The molecule has 1 aliphatic heterocycles. The molecule has 0 radical (unpaired) electrons. The Balaban J connectivity index is 1.33. The van der Waals surface area contributed by atoms with Gasteiger partial charge in [0.2, 0.25) is 0 Å². The van der Waals surface area contributed by atoms with Crippen molar-refractivity contribution < 1.29 is 0 Å². The van der Waals surface area contributed by atoms with Gasteiger partial charge in [-0.2, -0.15) is 10.4 Å². The van der Waals surface area contributed by atoms with Crippen molar-refractivity contribution in [3.05, 3.63) is 34.0 Å². The standard InChI is InChI=1S/C14H15N5S/c15-3-10-4-16-19(5-10)13-7-18(8-13)6-12-9-20-14(17-12)11-1-2-11/h4-5,9,11,13H,1-2,6-8H2. The summed E-state index contributed by atoms with van der Waals surface area (Å²) < 4.78 is 1.91.